The highest BCUT2D eigenvalue weighted by atomic mass is 32.1. The monoisotopic (exact) mass is 188 g/mol. The summed E-state index contributed by atoms with van der Waals surface area (Å²) in [6.07, 6.45) is 4.37. The van der Waals surface area contributed by atoms with E-state index in [4.69, 9.17) is 0 Å². The Bertz CT molecular complexity index is 532. The first-order chi connectivity index (χ1) is 6.36. The lowest BCUT2D eigenvalue weighted by molar-refractivity contribution is 1.69. The van der Waals surface area contributed by atoms with Gasteiger partial charge in [0.2, 0.25) is 0 Å². The molecule has 0 atom stereocenters. The van der Waals surface area contributed by atoms with Gasteiger partial charge in [0.25, 0.3) is 0 Å². The van der Waals surface area contributed by atoms with Crippen molar-refractivity contribution < 1.29 is 0 Å². The van der Waals surface area contributed by atoms with Crippen LogP contribution >= 0.6 is 11.3 Å². The molecule has 0 N–H and O–H groups in total. The summed E-state index contributed by atoms with van der Waals surface area (Å²) in [5, 5.41) is 2.76. The van der Waals surface area contributed by atoms with E-state index < -0.39 is 0 Å². The minimum Gasteiger partial charge on any atom is -0.136 e. The van der Waals surface area contributed by atoms with Crippen LogP contribution in [0.4, 0.5) is 0 Å². The maximum Gasteiger partial charge on any atom is 0.0355 e. The Morgan fingerprint density at radius 3 is 2.54 bits per heavy atom. The first-order valence-corrected chi connectivity index (χ1v) is 5.28. The SMILES string of the molecule is CC=c1sc2ccccc2c1=CC. The topological polar surface area (TPSA) is 0 Å². The zero-order valence-electron chi connectivity index (χ0n) is 7.87. The molecule has 1 heterocycles. The van der Waals surface area contributed by atoms with Gasteiger partial charge in [-0.1, -0.05) is 30.4 Å². The molecular weight excluding hydrogens is 176 g/mol. The van der Waals surface area contributed by atoms with Crippen LogP contribution in [0.15, 0.2) is 24.3 Å². The first kappa shape index (κ1) is 8.52. The molecule has 0 amide bonds. The molecule has 2 aromatic rings. The van der Waals surface area contributed by atoms with Crippen LogP contribution in [0.2, 0.25) is 0 Å². The maximum absolute atomic E-state index is 2.19. The van der Waals surface area contributed by atoms with E-state index in [0.29, 0.717) is 0 Å². The molecule has 0 saturated heterocycles. The van der Waals surface area contributed by atoms with Crippen molar-refractivity contribution in [3.05, 3.63) is 34.0 Å². The molecular formula is C12H12S. The molecule has 0 aliphatic heterocycles. The van der Waals surface area contributed by atoms with Gasteiger partial charge in [-0.25, -0.2) is 0 Å². The summed E-state index contributed by atoms with van der Waals surface area (Å²) in [4.78, 5) is 0. The minimum atomic E-state index is 1.38. The van der Waals surface area contributed by atoms with E-state index in [1.165, 1.54) is 19.8 Å². The molecule has 0 nitrogen and oxygen atoms in total. The average molecular weight is 188 g/mol. The molecule has 1 aromatic carbocycles. The van der Waals surface area contributed by atoms with Crippen LogP contribution in [-0.2, 0) is 0 Å². The zero-order chi connectivity index (χ0) is 9.26. The third-order valence-electron chi connectivity index (χ3n) is 2.21. The van der Waals surface area contributed by atoms with E-state index in [-0.39, 0.29) is 0 Å². The highest BCUT2D eigenvalue weighted by Crippen LogP contribution is 2.11. The summed E-state index contributed by atoms with van der Waals surface area (Å²) in [6, 6.07) is 8.56. The van der Waals surface area contributed by atoms with Crippen molar-refractivity contribution in [1.29, 1.82) is 0 Å². The van der Waals surface area contributed by atoms with Crippen LogP contribution in [0.1, 0.15) is 13.8 Å². The van der Waals surface area contributed by atoms with E-state index in [1.807, 2.05) is 11.3 Å². The van der Waals surface area contributed by atoms with Gasteiger partial charge in [0.15, 0.2) is 0 Å². The molecule has 2 rings (SSSR count). The summed E-state index contributed by atoms with van der Waals surface area (Å²) in [5.74, 6) is 0. The fraction of sp³-hybridized carbons (Fsp3) is 0.167. The zero-order valence-corrected chi connectivity index (χ0v) is 8.69. The number of benzene rings is 1. The third-order valence-corrected chi connectivity index (χ3v) is 3.46. The van der Waals surface area contributed by atoms with Crippen LogP contribution in [-0.4, -0.2) is 0 Å². The molecule has 0 saturated carbocycles. The Morgan fingerprint density at radius 2 is 1.85 bits per heavy atom. The van der Waals surface area contributed by atoms with E-state index >= 15 is 0 Å². The number of hydrogen-bond acceptors (Lipinski definition) is 1. The van der Waals surface area contributed by atoms with E-state index in [1.54, 1.807) is 0 Å². The second kappa shape index (κ2) is 3.35. The van der Waals surface area contributed by atoms with E-state index in [2.05, 4.69) is 50.3 Å². The number of rotatable bonds is 0. The second-order valence-corrected chi connectivity index (χ2v) is 4.04. The predicted molar refractivity (Wildman–Crippen MR) is 61.4 cm³/mol. The lowest BCUT2D eigenvalue weighted by Crippen LogP contribution is -2.16. The normalized spacial score (nSPS) is 14.3. The molecule has 1 heteroatoms. The molecule has 0 unspecified atom stereocenters. The Balaban J connectivity index is 3.08. The Hall–Kier alpha value is -1.08. The van der Waals surface area contributed by atoms with Gasteiger partial charge < -0.3 is 0 Å². The Labute approximate surface area is 81.8 Å². The molecule has 0 aliphatic carbocycles. The smallest absolute Gasteiger partial charge is 0.0355 e. The third kappa shape index (κ3) is 1.29. The van der Waals surface area contributed by atoms with Gasteiger partial charge >= 0.3 is 0 Å². The van der Waals surface area contributed by atoms with Crippen LogP contribution < -0.4 is 9.75 Å². The standard InChI is InChI=1S/C12H12S/c1-3-9-10-7-5-6-8-12(10)13-11(9)4-2/h3-8H,1-2H3. The van der Waals surface area contributed by atoms with Crippen LogP contribution in [0, 0.1) is 0 Å². The molecule has 0 bridgehead atoms. The van der Waals surface area contributed by atoms with Gasteiger partial charge in [-0.3, -0.25) is 0 Å². The number of fused-ring (bicyclic) bond motifs is 1. The van der Waals surface area contributed by atoms with Gasteiger partial charge in [-0.2, -0.15) is 0 Å². The molecule has 66 valence electrons. The van der Waals surface area contributed by atoms with Crippen molar-refractivity contribution in [2.75, 3.05) is 0 Å². The van der Waals surface area contributed by atoms with E-state index in [0.717, 1.165) is 0 Å². The molecule has 1 aromatic heterocycles. The molecule has 0 fully saturated rings. The minimum absolute atomic E-state index is 1.38. The molecule has 0 spiro atoms. The lowest BCUT2D eigenvalue weighted by atomic mass is 10.2. The van der Waals surface area contributed by atoms with Crippen molar-refractivity contribution in [1.82, 2.24) is 0 Å². The van der Waals surface area contributed by atoms with Gasteiger partial charge in [0.1, 0.15) is 0 Å². The van der Waals surface area contributed by atoms with Crippen LogP contribution in [0.25, 0.3) is 22.2 Å². The second-order valence-electron chi connectivity index (χ2n) is 2.95. The lowest BCUT2D eigenvalue weighted by Gasteiger charge is -1.84. The van der Waals surface area contributed by atoms with Crippen molar-refractivity contribution in [2.24, 2.45) is 0 Å². The first-order valence-electron chi connectivity index (χ1n) is 4.47. The van der Waals surface area contributed by atoms with E-state index in [9.17, 15) is 0 Å². The maximum atomic E-state index is 2.19. The Morgan fingerprint density at radius 1 is 1.08 bits per heavy atom. The van der Waals surface area contributed by atoms with Crippen LogP contribution in [0.3, 0.4) is 0 Å². The number of hydrogen-bond donors (Lipinski definition) is 0. The summed E-state index contributed by atoms with van der Waals surface area (Å²) in [6.45, 7) is 4.19. The highest BCUT2D eigenvalue weighted by Gasteiger charge is 1.97. The van der Waals surface area contributed by atoms with Gasteiger partial charge in [0, 0.05) is 9.23 Å². The van der Waals surface area contributed by atoms with Crippen LogP contribution in [0.5, 0.6) is 0 Å². The van der Waals surface area contributed by atoms with Gasteiger partial charge in [0.05, 0.1) is 0 Å². The fourth-order valence-electron chi connectivity index (χ4n) is 1.60. The number of thiophene rings is 1. The molecule has 0 radical (unpaired) electrons. The fourth-order valence-corrected chi connectivity index (χ4v) is 2.72. The van der Waals surface area contributed by atoms with Gasteiger partial charge in [-0.15, -0.1) is 11.3 Å². The summed E-state index contributed by atoms with van der Waals surface area (Å²) >= 11 is 1.86. The van der Waals surface area contributed by atoms with Crippen molar-refractivity contribution in [3.8, 4) is 0 Å². The van der Waals surface area contributed by atoms with Gasteiger partial charge in [-0.05, 0) is 30.5 Å². The highest BCUT2D eigenvalue weighted by molar-refractivity contribution is 7.17. The average Bonchev–Trinajstić information content (AvgIpc) is 2.55. The van der Waals surface area contributed by atoms with Crippen molar-refractivity contribution in [2.45, 2.75) is 13.8 Å². The summed E-state index contributed by atoms with van der Waals surface area (Å²) in [7, 11) is 0. The molecule has 13 heavy (non-hydrogen) atoms. The quantitative estimate of drug-likeness (QED) is 0.596. The largest absolute Gasteiger partial charge is 0.136 e. The van der Waals surface area contributed by atoms with Crippen molar-refractivity contribution in [3.63, 3.8) is 0 Å². The predicted octanol–water partition coefficient (Wildman–Crippen LogP) is 2.50. The summed E-state index contributed by atoms with van der Waals surface area (Å²) in [5.41, 5.74) is 0. The Kier molecular flexibility index (Phi) is 2.19. The molecule has 0 aliphatic rings. The van der Waals surface area contributed by atoms with Crippen molar-refractivity contribution >= 4 is 33.6 Å². The summed E-state index contributed by atoms with van der Waals surface area (Å²) < 4.78 is 2.76.